The summed E-state index contributed by atoms with van der Waals surface area (Å²) in [6.45, 7) is 4.41. The SMILES string of the molecule is CN1C(=O)C(C)(C)CNc2ncncc21. The lowest BCUT2D eigenvalue weighted by atomic mass is 9.92. The van der Waals surface area contributed by atoms with E-state index in [1.807, 2.05) is 13.8 Å². The number of carbonyl (C=O) groups is 1. The first kappa shape index (κ1) is 9.89. The van der Waals surface area contributed by atoms with E-state index < -0.39 is 5.41 Å². The van der Waals surface area contributed by atoms with Crippen molar-refractivity contribution in [1.82, 2.24) is 9.97 Å². The molecule has 2 rings (SSSR count). The zero-order valence-corrected chi connectivity index (χ0v) is 9.11. The first-order chi connectivity index (χ1) is 7.02. The van der Waals surface area contributed by atoms with Crippen LogP contribution in [-0.4, -0.2) is 29.5 Å². The van der Waals surface area contributed by atoms with Crippen LogP contribution in [0.3, 0.4) is 0 Å². The zero-order valence-electron chi connectivity index (χ0n) is 9.11. The molecule has 0 fully saturated rings. The average molecular weight is 206 g/mol. The summed E-state index contributed by atoms with van der Waals surface area (Å²) in [5, 5.41) is 3.16. The highest BCUT2D eigenvalue weighted by Crippen LogP contribution is 2.30. The number of nitrogens with one attached hydrogen (secondary N) is 1. The van der Waals surface area contributed by atoms with Gasteiger partial charge in [-0.15, -0.1) is 0 Å². The molecule has 5 heteroatoms. The molecule has 1 aromatic heterocycles. The molecule has 1 aromatic rings. The van der Waals surface area contributed by atoms with Crippen LogP contribution in [0.1, 0.15) is 13.8 Å². The molecule has 0 spiro atoms. The lowest BCUT2D eigenvalue weighted by Gasteiger charge is -2.24. The third-order valence-corrected chi connectivity index (χ3v) is 2.64. The van der Waals surface area contributed by atoms with Gasteiger partial charge in [-0.25, -0.2) is 9.97 Å². The minimum absolute atomic E-state index is 0.0727. The number of carbonyl (C=O) groups excluding carboxylic acids is 1. The van der Waals surface area contributed by atoms with E-state index in [1.165, 1.54) is 6.33 Å². The van der Waals surface area contributed by atoms with Crippen LogP contribution < -0.4 is 10.2 Å². The second-order valence-electron chi connectivity index (χ2n) is 4.36. The first-order valence-electron chi connectivity index (χ1n) is 4.84. The van der Waals surface area contributed by atoms with Gasteiger partial charge in [-0.05, 0) is 13.8 Å². The van der Waals surface area contributed by atoms with Crippen LogP contribution in [0.25, 0.3) is 0 Å². The number of aromatic nitrogens is 2. The highest BCUT2D eigenvalue weighted by Gasteiger charge is 2.35. The molecule has 0 saturated carbocycles. The molecule has 0 radical (unpaired) electrons. The highest BCUT2D eigenvalue weighted by molar-refractivity contribution is 6.00. The fraction of sp³-hybridized carbons (Fsp3) is 0.500. The summed E-state index contributed by atoms with van der Waals surface area (Å²) in [5.41, 5.74) is 0.309. The van der Waals surface area contributed by atoms with Crippen molar-refractivity contribution < 1.29 is 4.79 Å². The summed E-state index contributed by atoms with van der Waals surface area (Å²) < 4.78 is 0. The summed E-state index contributed by atoms with van der Waals surface area (Å²) in [7, 11) is 1.75. The molecule has 5 nitrogen and oxygen atoms in total. The van der Waals surface area contributed by atoms with Crippen LogP contribution in [0.15, 0.2) is 12.5 Å². The Morgan fingerprint density at radius 3 is 3.00 bits per heavy atom. The number of nitrogens with zero attached hydrogens (tertiary/aromatic N) is 3. The molecule has 1 N–H and O–H groups in total. The van der Waals surface area contributed by atoms with Crippen molar-refractivity contribution in [3.8, 4) is 0 Å². The highest BCUT2D eigenvalue weighted by atomic mass is 16.2. The number of hydrogen-bond acceptors (Lipinski definition) is 4. The van der Waals surface area contributed by atoms with Crippen LogP contribution in [0.4, 0.5) is 11.5 Å². The summed E-state index contributed by atoms with van der Waals surface area (Å²) in [4.78, 5) is 21.7. The van der Waals surface area contributed by atoms with Gasteiger partial charge in [-0.3, -0.25) is 4.79 Å². The molecule has 0 bridgehead atoms. The van der Waals surface area contributed by atoms with Gasteiger partial charge in [-0.2, -0.15) is 0 Å². The fourth-order valence-electron chi connectivity index (χ4n) is 1.65. The molecule has 0 aliphatic carbocycles. The Kier molecular flexibility index (Phi) is 2.10. The third kappa shape index (κ3) is 1.54. The molecule has 1 amide bonds. The molecule has 2 heterocycles. The average Bonchev–Trinajstić information content (AvgIpc) is 2.31. The maximum atomic E-state index is 12.1. The van der Waals surface area contributed by atoms with E-state index in [-0.39, 0.29) is 5.91 Å². The Balaban J connectivity index is 2.48. The molecular formula is C10H14N4O. The quantitative estimate of drug-likeness (QED) is 0.685. The van der Waals surface area contributed by atoms with Crippen LogP contribution in [0.5, 0.6) is 0 Å². The molecule has 15 heavy (non-hydrogen) atoms. The summed E-state index contributed by atoms with van der Waals surface area (Å²) in [5.74, 6) is 0.787. The summed E-state index contributed by atoms with van der Waals surface area (Å²) >= 11 is 0. The normalized spacial score (nSPS) is 19.1. The van der Waals surface area contributed by atoms with E-state index in [0.717, 1.165) is 5.69 Å². The van der Waals surface area contributed by atoms with E-state index in [4.69, 9.17) is 0 Å². The number of hydrogen-bond donors (Lipinski definition) is 1. The van der Waals surface area contributed by atoms with Gasteiger partial charge >= 0.3 is 0 Å². The van der Waals surface area contributed by atoms with E-state index in [9.17, 15) is 4.79 Å². The predicted molar refractivity (Wildman–Crippen MR) is 57.7 cm³/mol. The Morgan fingerprint density at radius 1 is 1.53 bits per heavy atom. The Bertz CT molecular complexity index is 402. The Hall–Kier alpha value is -1.65. The van der Waals surface area contributed by atoms with E-state index in [2.05, 4.69) is 15.3 Å². The van der Waals surface area contributed by atoms with Gasteiger partial charge in [0.1, 0.15) is 12.0 Å². The molecule has 1 aliphatic rings. The molecule has 0 atom stereocenters. The zero-order chi connectivity index (χ0) is 11.1. The monoisotopic (exact) mass is 206 g/mol. The first-order valence-corrected chi connectivity index (χ1v) is 4.84. The molecule has 1 aliphatic heterocycles. The van der Waals surface area contributed by atoms with Gasteiger partial charge in [0.05, 0.1) is 11.6 Å². The van der Waals surface area contributed by atoms with Crippen molar-refractivity contribution >= 4 is 17.4 Å². The van der Waals surface area contributed by atoms with Crippen LogP contribution in [-0.2, 0) is 4.79 Å². The van der Waals surface area contributed by atoms with E-state index in [1.54, 1.807) is 18.1 Å². The van der Waals surface area contributed by atoms with Crippen LogP contribution in [0.2, 0.25) is 0 Å². The maximum absolute atomic E-state index is 12.1. The number of rotatable bonds is 0. The maximum Gasteiger partial charge on any atom is 0.234 e. The summed E-state index contributed by atoms with van der Waals surface area (Å²) in [6, 6.07) is 0. The number of anilines is 2. The van der Waals surface area contributed by atoms with Crippen LogP contribution >= 0.6 is 0 Å². The van der Waals surface area contributed by atoms with E-state index >= 15 is 0 Å². The Labute approximate surface area is 88.5 Å². The van der Waals surface area contributed by atoms with Crippen molar-refractivity contribution in [1.29, 1.82) is 0 Å². The van der Waals surface area contributed by atoms with Gasteiger partial charge < -0.3 is 10.2 Å². The molecule has 0 saturated heterocycles. The van der Waals surface area contributed by atoms with Crippen molar-refractivity contribution in [2.45, 2.75) is 13.8 Å². The lowest BCUT2D eigenvalue weighted by molar-refractivity contribution is -0.125. The van der Waals surface area contributed by atoms with Crippen molar-refractivity contribution in [3.05, 3.63) is 12.5 Å². The van der Waals surface area contributed by atoms with Gasteiger partial charge in [0.2, 0.25) is 5.91 Å². The Morgan fingerprint density at radius 2 is 2.27 bits per heavy atom. The second kappa shape index (κ2) is 3.18. The summed E-state index contributed by atoms with van der Waals surface area (Å²) in [6.07, 6.45) is 3.12. The topological polar surface area (TPSA) is 58.1 Å². The van der Waals surface area contributed by atoms with Gasteiger partial charge in [-0.1, -0.05) is 0 Å². The minimum Gasteiger partial charge on any atom is -0.367 e. The third-order valence-electron chi connectivity index (χ3n) is 2.64. The molecule has 0 aromatic carbocycles. The number of amides is 1. The van der Waals surface area contributed by atoms with Crippen molar-refractivity contribution in [3.63, 3.8) is 0 Å². The molecular weight excluding hydrogens is 192 g/mol. The van der Waals surface area contributed by atoms with Gasteiger partial charge in [0.25, 0.3) is 0 Å². The minimum atomic E-state index is -0.421. The van der Waals surface area contributed by atoms with Gasteiger partial charge in [0.15, 0.2) is 5.82 Å². The largest absolute Gasteiger partial charge is 0.367 e. The smallest absolute Gasteiger partial charge is 0.234 e. The fourth-order valence-corrected chi connectivity index (χ4v) is 1.65. The van der Waals surface area contributed by atoms with Crippen LogP contribution in [0, 0.1) is 5.41 Å². The second-order valence-corrected chi connectivity index (χ2v) is 4.36. The van der Waals surface area contributed by atoms with Gasteiger partial charge in [0, 0.05) is 13.6 Å². The number of fused-ring (bicyclic) bond motifs is 1. The van der Waals surface area contributed by atoms with E-state index in [0.29, 0.717) is 12.4 Å². The lowest BCUT2D eigenvalue weighted by Crippen LogP contribution is -2.40. The standard InChI is InChI=1S/C10H14N4O/c1-10(2)5-12-8-7(4-11-6-13-8)14(3)9(10)15/h4,6H,5H2,1-3H3,(H,11,12,13). The molecule has 0 unspecified atom stereocenters. The molecule has 80 valence electrons. The van der Waals surface area contributed by atoms with Crippen molar-refractivity contribution in [2.24, 2.45) is 5.41 Å². The van der Waals surface area contributed by atoms with Crippen molar-refractivity contribution in [2.75, 3.05) is 23.8 Å². The predicted octanol–water partition coefficient (Wildman–Crippen LogP) is 0.891.